The summed E-state index contributed by atoms with van der Waals surface area (Å²) in [5.74, 6) is 0.918. The molecule has 3 heterocycles. The highest BCUT2D eigenvalue weighted by Gasteiger charge is 2.19. The fourth-order valence-corrected chi connectivity index (χ4v) is 3.38. The van der Waals surface area contributed by atoms with Crippen LogP contribution in [-0.2, 0) is 13.1 Å². The smallest absolute Gasteiger partial charge is 0.265 e. The zero-order valence-corrected chi connectivity index (χ0v) is 11.5. The van der Waals surface area contributed by atoms with Gasteiger partial charge in [-0.05, 0) is 5.56 Å². The minimum Gasteiger partial charge on any atom is -0.286 e. The summed E-state index contributed by atoms with van der Waals surface area (Å²) in [4.78, 5) is 16.9. The first-order valence-electron chi connectivity index (χ1n) is 6.46. The van der Waals surface area contributed by atoms with Crippen molar-refractivity contribution in [2.24, 2.45) is 0 Å². The maximum Gasteiger partial charge on any atom is 0.265 e. The molecule has 4 rings (SSSR count). The largest absolute Gasteiger partial charge is 0.286 e. The Labute approximate surface area is 119 Å². The molecule has 0 atom stereocenters. The molecule has 20 heavy (non-hydrogen) atoms. The average molecular weight is 284 g/mol. The lowest BCUT2D eigenvalue weighted by atomic mass is 10.2. The van der Waals surface area contributed by atoms with E-state index in [4.69, 9.17) is 0 Å². The Balaban J connectivity index is 1.86. The first kappa shape index (κ1) is 11.7. The molecule has 0 radical (unpaired) electrons. The molecule has 2 aromatic heterocycles. The number of aromatic nitrogens is 4. The van der Waals surface area contributed by atoms with Crippen LogP contribution < -0.4 is 5.56 Å². The van der Waals surface area contributed by atoms with Crippen LogP contribution in [0.2, 0.25) is 0 Å². The van der Waals surface area contributed by atoms with Crippen molar-refractivity contribution >= 4 is 22.8 Å². The molecule has 0 saturated carbocycles. The standard InChI is InChI=1S/C14H12N4OS/c19-13-11-8-15-18(9-10-4-2-1-3-5-10)12(11)16-14-17(13)6-7-20-14/h1-5,8H,6-7,9H2. The van der Waals surface area contributed by atoms with Crippen LogP contribution in [0.4, 0.5) is 0 Å². The van der Waals surface area contributed by atoms with Crippen LogP contribution in [0, 0.1) is 0 Å². The van der Waals surface area contributed by atoms with Crippen molar-refractivity contribution in [1.29, 1.82) is 0 Å². The van der Waals surface area contributed by atoms with Crippen LogP contribution in [0.5, 0.6) is 0 Å². The van der Waals surface area contributed by atoms with Gasteiger partial charge in [0.05, 0.1) is 12.7 Å². The number of thioether (sulfide) groups is 1. The zero-order valence-electron chi connectivity index (χ0n) is 10.7. The molecule has 6 heteroatoms. The number of hydrogen-bond donors (Lipinski definition) is 0. The van der Waals surface area contributed by atoms with Gasteiger partial charge in [-0.15, -0.1) is 0 Å². The van der Waals surface area contributed by atoms with Gasteiger partial charge in [0.15, 0.2) is 10.8 Å². The van der Waals surface area contributed by atoms with E-state index in [1.807, 2.05) is 30.3 Å². The van der Waals surface area contributed by atoms with Gasteiger partial charge < -0.3 is 0 Å². The molecule has 0 N–H and O–H groups in total. The lowest BCUT2D eigenvalue weighted by Gasteiger charge is -2.05. The van der Waals surface area contributed by atoms with Crippen molar-refractivity contribution in [3.05, 3.63) is 52.4 Å². The van der Waals surface area contributed by atoms with Gasteiger partial charge in [-0.25, -0.2) is 9.67 Å². The summed E-state index contributed by atoms with van der Waals surface area (Å²) in [6.45, 7) is 1.37. The van der Waals surface area contributed by atoms with E-state index < -0.39 is 0 Å². The van der Waals surface area contributed by atoms with Crippen molar-refractivity contribution < 1.29 is 0 Å². The lowest BCUT2D eigenvalue weighted by molar-refractivity contribution is 0.653. The predicted octanol–water partition coefficient (Wildman–Crippen LogP) is 1.75. The summed E-state index contributed by atoms with van der Waals surface area (Å²) >= 11 is 1.63. The molecule has 0 amide bonds. The summed E-state index contributed by atoms with van der Waals surface area (Å²) in [5, 5.41) is 5.73. The summed E-state index contributed by atoms with van der Waals surface area (Å²) in [7, 11) is 0. The monoisotopic (exact) mass is 284 g/mol. The number of rotatable bonds is 2. The van der Waals surface area contributed by atoms with E-state index in [1.165, 1.54) is 0 Å². The fourth-order valence-electron chi connectivity index (χ4n) is 2.44. The summed E-state index contributed by atoms with van der Waals surface area (Å²) in [6, 6.07) is 10.1. The van der Waals surface area contributed by atoms with Gasteiger partial charge in [0.1, 0.15) is 5.39 Å². The van der Waals surface area contributed by atoms with Gasteiger partial charge in [-0.3, -0.25) is 9.36 Å². The van der Waals surface area contributed by atoms with Crippen molar-refractivity contribution in [3.8, 4) is 0 Å². The van der Waals surface area contributed by atoms with E-state index in [0.29, 0.717) is 17.6 Å². The number of hydrogen-bond acceptors (Lipinski definition) is 4. The van der Waals surface area contributed by atoms with Crippen LogP contribution in [0.3, 0.4) is 0 Å². The van der Waals surface area contributed by atoms with E-state index in [0.717, 1.165) is 23.0 Å². The third-order valence-electron chi connectivity index (χ3n) is 3.44. The minimum atomic E-state index is 0.0225. The molecular weight excluding hydrogens is 272 g/mol. The van der Waals surface area contributed by atoms with Gasteiger partial charge in [0.25, 0.3) is 5.56 Å². The highest BCUT2D eigenvalue weighted by molar-refractivity contribution is 7.99. The van der Waals surface area contributed by atoms with Gasteiger partial charge in [0.2, 0.25) is 0 Å². The zero-order chi connectivity index (χ0) is 13.5. The Bertz CT molecular complexity index is 837. The van der Waals surface area contributed by atoms with Crippen LogP contribution in [0.1, 0.15) is 5.56 Å². The summed E-state index contributed by atoms with van der Waals surface area (Å²) in [5.41, 5.74) is 1.85. The Morgan fingerprint density at radius 1 is 1.25 bits per heavy atom. The van der Waals surface area contributed by atoms with E-state index >= 15 is 0 Å². The van der Waals surface area contributed by atoms with Crippen LogP contribution in [-0.4, -0.2) is 25.1 Å². The second-order valence-corrected chi connectivity index (χ2v) is 5.79. The molecule has 0 bridgehead atoms. The van der Waals surface area contributed by atoms with Gasteiger partial charge in [-0.1, -0.05) is 42.1 Å². The Kier molecular flexibility index (Phi) is 2.63. The quantitative estimate of drug-likeness (QED) is 0.673. The van der Waals surface area contributed by atoms with Crippen LogP contribution >= 0.6 is 11.8 Å². The Morgan fingerprint density at radius 3 is 2.95 bits per heavy atom. The molecule has 5 nitrogen and oxygen atoms in total. The van der Waals surface area contributed by atoms with Crippen molar-refractivity contribution in [3.63, 3.8) is 0 Å². The van der Waals surface area contributed by atoms with E-state index in [-0.39, 0.29) is 5.56 Å². The fraction of sp³-hybridized carbons (Fsp3) is 0.214. The second kappa shape index (κ2) is 4.49. The number of fused-ring (bicyclic) bond motifs is 2. The van der Waals surface area contributed by atoms with Gasteiger partial charge in [0, 0.05) is 12.3 Å². The summed E-state index contributed by atoms with van der Waals surface area (Å²) in [6.07, 6.45) is 1.63. The Hall–Kier alpha value is -2.08. The van der Waals surface area contributed by atoms with E-state index in [1.54, 1.807) is 27.2 Å². The SMILES string of the molecule is O=c1c2cnn(Cc3ccccc3)c2nc2n1CCS2. The maximum atomic E-state index is 12.3. The number of benzene rings is 1. The number of nitrogens with zero attached hydrogens (tertiary/aromatic N) is 4. The molecule has 0 unspecified atom stereocenters. The average Bonchev–Trinajstić information content (AvgIpc) is 3.08. The molecule has 100 valence electrons. The molecule has 1 aliphatic heterocycles. The molecule has 0 fully saturated rings. The molecule has 1 aromatic carbocycles. The third kappa shape index (κ3) is 1.76. The van der Waals surface area contributed by atoms with E-state index in [9.17, 15) is 4.79 Å². The second-order valence-electron chi connectivity index (χ2n) is 4.72. The van der Waals surface area contributed by atoms with Gasteiger partial charge in [-0.2, -0.15) is 5.10 Å². The van der Waals surface area contributed by atoms with Crippen LogP contribution in [0.25, 0.3) is 11.0 Å². The lowest BCUT2D eigenvalue weighted by Crippen LogP contribution is -2.20. The first-order chi connectivity index (χ1) is 9.83. The molecule has 0 saturated heterocycles. The highest BCUT2D eigenvalue weighted by atomic mass is 32.2. The van der Waals surface area contributed by atoms with Gasteiger partial charge >= 0.3 is 0 Å². The normalized spacial score (nSPS) is 13.8. The maximum absolute atomic E-state index is 12.3. The topological polar surface area (TPSA) is 52.7 Å². The molecule has 3 aromatic rings. The predicted molar refractivity (Wildman–Crippen MR) is 78.1 cm³/mol. The Morgan fingerprint density at radius 2 is 2.10 bits per heavy atom. The third-order valence-corrected chi connectivity index (χ3v) is 4.40. The minimum absolute atomic E-state index is 0.0225. The van der Waals surface area contributed by atoms with E-state index in [2.05, 4.69) is 10.1 Å². The van der Waals surface area contributed by atoms with Crippen LogP contribution in [0.15, 0.2) is 46.5 Å². The molecule has 0 aliphatic carbocycles. The molecule has 0 spiro atoms. The molecule has 1 aliphatic rings. The highest BCUT2D eigenvalue weighted by Crippen LogP contribution is 2.23. The first-order valence-corrected chi connectivity index (χ1v) is 7.44. The van der Waals surface area contributed by atoms with Crippen molar-refractivity contribution in [2.45, 2.75) is 18.2 Å². The van der Waals surface area contributed by atoms with Crippen molar-refractivity contribution in [2.75, 3.05) is 5.75 Å². The summed E-state index contributed by atoms with van der Waals surface area (Å²) < 4.78 is 3.54. The molecular formula is C14H12N4OS. The van der Waals surface area contributed by atoms with Crippen molar-refractivity contribution in [1.82, 2.24) is 19.3 Å².